The fourth-order valence-corrected chi connectivity index (χ4v) is 3.19. The van der Waals surface area contributed by atoms with Gasteiger partial charge in [0.15, 0.2) is 0 Å². The number of nitrogens with one attached hydrogen (secondary N) is 1. The molecular weight excluding hydrogens is 324 g/mol. The average molecular weight is 341 g/mol. The number of nitrogens with two attached hydrogens (primary N) is 1. The molecule has 1 aliphatic carbocycles. The van der Waals surface area contributed by atoms with Crippen molar-refractivity contribution < 1.29 is 14.7 Å². The molecule has 0 spiro atoms. The number of halogens is 1. The van der Waals surface area contributed by atoms with Crippen molar-refractivity contribution in [3.63, 3.8) is 0 Å². The van der Waals surface area contributed by atoms with Gasteiger partial charge in [-0.05, 0) is 47.0 Å². The highest BCUT2D eigenvalue weighted by Gasteiger charge is 2.30. The van der Waals surface area contributed by atoms with Gasteiger partial charge in [0.1, 0.15) is 0 Å². The number of hydrogen-bond donors (Lipinski definition) is 3. The summed E-state index contributed by atoms with van der Waals surface area (Å²) >= 11 is 3.30. The van der Waals surface area contributed by atoms with Crippen LogP contribution in [0.25, 0.3) is 0 Å². The number of amides is 1. The van der Waals surface area contributed by atoms with Gasteiger partial charge in [0.25, 0.3) is 0 Å². The van der Waals surface area contributed by atoms with Crippen molar-refractivity contribution in [3.05, 3.63) is 28.2 Å². The van der Waals surface area contributed by atoms with E-state index in [1.165, 1.54) is 0 Å². The second-order valence-electron chi connectivity index (χ2n) is 5.04. The summed E-state index contributed by atoms with van der Waals surface area (Å²) in [6.07, 6.45) is 3.53. The van der Waals surface area contributed by atoms with Crippen molar-refractivity contribution in [2.45, 2.75) is 31.7 Å². The molecule has 1 aromatic rings. The zero-order chi connectivity index (χ0) is 14.7. The predicted molar refractivity (Wildman–Crippen MR) is 79.7 cm³/mol. The molecule has 1 saturated carbocycles. The quantitative estimate of drug-likeness (QED) is 0.785. The lowest BCUT2D eigenvalue weighted by Gasteiger charge is -2.30. The molecule has 0 saturated heterocycles. The van der Waals surface area contributed by atoms with E-state index >= 15 is 0 Å². The summed E-state index contributed by atoms with van der Waals surface area (Å²) in [4.78, 5) is 22.4. The van der Waals surface area contributed by atoms with Gasteiger partial charge in [0.05, 0.1) is 11.5 Å². The number of benzene rings is 1. The van der Waals surface area contributed by atoms with Crippen LogP contribution < -0.4 is 11.1 Å². The minimum absolute atomic E-state index is 0.0763. The Kier molecular flexibility index (Phi) is 4.65. The standard InChI is InChI=1S/C14H17BrN2O3/c15-11-7-8(5-6-9(11)13(16)18)17-12-4-2-1-3-10(12)14(19)20/h5-7,10,12,17H,1-4H2,(H2,16,18)(H,19,20). The number of aliphatic carboxylic acids is 1. The summed E-state index contributed by atoms with van der Waals surface area (Å²) in [5.41, 5.74) is 6.45. The maximum Gasteiger partial charge on any atom is 0.308 e. The Balaban J connectivity index is 2.14. The second-order valence-corrected chi connectivity index (χ2v) is 5.89. The SMILES string of the molecule is NC(=O)c1ccc(NC2CCCCC2C(=O)O)cc1Br. The van der Waals surface area contributed by atoms with Gasteiger partial charge in [-0.25, -0.2) is 0 Å². The Labute approximate surface area is 125 Å². The van der Waals surface area contributed by atoms with Crippen LogP contribution in [0.2, 0.25) is 0 Å². The van der Waals surface area contributed by atoms with E-state index in [0.717, 1.165) is 24.9 Å². The molecule has 108 valence electrons. The lowest BCUT2D eigenvalue weighted by atomic mass is 9.84. The van der Waals surface area contributed by atoms with Gasteiger partial charge in [-0.3, -0.25) is 9.59 Å². The van der Waals surface area contributed by atoms with Crippen molar-refractivity contribution in [2.75, 3.05) is 5.32 Å². The highest BCUT2D eigenvalue weighted by Crippen LogP contribution is 2.29. The van der Waals surface area contributed by atoms with Crippen LogP contribution in [0, 0.1) is 5.92 Å². The second kappa shape index (κ2) is 6.26. The van der Waals surface area contributed by atoms with Crippen molar-refractivity contribution in [2.24, 2.45) is 11.7 Å². The molecule has 0 bridgehead atoms. The van der Waals surface area contributed by atoms with Crippen LogP contribution >= 0.6 is 15.9 Å². The van der Waals surface area contributed by atoms with Crippen molar-refractivity contribution in [1.29, 1.82) is 0 Å². The van der Waals surface area contributed by atoms with Crippen LogP contribution in [0.1, 0.15) is 36.0 Å². The molecule has 4 N–H and O–H groups in total. The van der Waals surface area contributed by atoms with E-state index in [2.05, 4.69) is 21.2 Å². The monoisotopic (exact) mass is 340 g/mol. The molecule has 1 aliphatic rings. The van der Waals surface area contributed by atoms with E-state index in [-0.39, 0.29) is 12.0 Å². The molecule has 1 fully saturated rings. The summed E-state index contributed by atoms with van der Waals surface area (Å²) in [7, 11) is 0. The molecule has 0 aromatic heterocycles. The van der Waals surface area contributed by atoms with Crippen molar-refractivity contribution in [1.82, 2.24) is 0 Å². The van der Waals surface area contributed by atoms with Gasteiger partial charge < -0.3 is 16.2 Å². The summed E-state index contributed by atoms with van der Waals surface area (Å²) in [5, 5.41) is 12.5. The van der Waals surface area contributed by atoms with Crippen LogP contribution in [0.4, 0.5) is 5.69 Å². The lowest BCUT2D eigenvalue weighted by Crippen LogP contribution is -2.37. The molecular formula is C14H17BrN2O3. The highest BCUT2D eigenvalue weighted by atomic mass is 79.9. The number of carbonyl (C=O) groups is 2. The Hall–Kier alpha value is -1.56. The minimum atomic E-state index is -0.755. The third kappa shape index (κ3) is 3.30. The first-order chi connectivity index (χ1) is 9.49. The van der Waals surface area contributed by atoms with Gasteiger partial charge in [0.2, 0.25) is 5.91 Å². The zero-order valence-electron chi connectivity index (χ0n) is 10.9. The number of carboxylic acid groups (broad SMARTS) is 1. The van der Waals surface area contributed by atoms with Crippen LogP contribution in [-0.2, 0) is 4.79 Å². The highest BCUT2D eigenvalue weighted by molar-refractivity contribution is 9.10. The number of primary amides is 1. The summed E-state index contributed by atoms with van der Waals surface area (Å²) in [6, 6.07) is 5.06. The molecule has 20 heavy (non-hydrogen) atoms. The maximum atomic E-state index is 11.3. The predicted octanol–water partition coefficient (Wildman–Crippen LogP) is 2.60. The van der Waals surface area contributed by atoms with Crippen LogP contribution in [-0.4, -0.2) is 23.0 Å². The largest absolute Gasteiger partial charge is 0.481 e. The van der Waals surface area contributed by atoms with Gasteiger partial charge in [-0.2, -0.15) is 0 Å². The van der Waals surface area contributed by atoms with E-state index in [9.17, 15) is 14.7 Å². The fraction of sp³-hybridized carbons (Fsp3) is 0.429. The van der Waals surface area contributed by atoms with Gasteiger partial charge in [0, 0.05) is 16.2 Å². The van der Waals surface area contributed by atoms with Crippen LogP contribution in [0.15, 0.2) is 22.7 Å². The summed E-state index contributed by atoms with van der Waals surface area (Å²) in [6.45, 7) is 0. The number of carbonyl (C=O) groups excluding carboxylic acids is 1. The number of hydrogen-bond acceptors (Lipinski definition) is 3. The minimum Gasteiger partial charge on any atom is -0.481 e. The molecule has 1 amide bonds. The first kappa shape index (κ1) is 14.8. The first-order valence-electron chi connectivity index (χ1n) is 6.57. The molecule has 5 nitrogen and oxygen atoms in total. The average Bonchev–Trinajstić information content (AvgIpc) is 2.38. The van der Waals surface area contributed by atoms with E-state index < -0.39 is 11.9 Å². The van der Waals surface area contributed by atoms with Crippen molar-refractivity contribution >= 4 is 33.5 Å². The Morgan fingerprint density at radius 3 is 2.60 bits per heavy atom. The normalized spacial score (nSPS) is 22.2. The topological polar surface area (TPSA) is 92.4 Å². The Morgan fingerprint density at radius 2 is 2.00 bits per heavy atom. The zero-order valence-corrected chi connectivity index (χ0v) is 12.5. The maximum absolute atomic E-state index is 11.3. The fourth-order valence-electron chi connectivity index (χ4n) is 2.62. The van der Waals surface area contributed by atoms with E-state index in [0.29, 0.717) is 16.5 Å². The first-order valence-corrected chi connectivity index (χ1v) is 7.37. The Bertz CT molecular complexity index is 533. The third-order valence-electron chi connectivity index (χ3n) is 3.67. The Morgan fingerprint density at radius 1 is 1.30 bits per heavy atom. The van der Waals surface area contributed by atoms with Gasteiger partial charge in [-0.1, -0.05) is 12.8 Å². The van der Waals surface area contributed by atoms with Crippen LogP contribution in [0.3, 0.4) is 0 Å². The van der Waals surface area contributed by atoms with Gasteiger partial charge in [-0.15, -0.1) is 0 Å². The molecule has 2 rings (SSSR count). The number of anilines is 1. The molecule has 0 aliphatic heterocycles. The smallest absolute Gasteiger partial charge is 0.308 e. The number of carboxylic acids is 1. The van der Waals surface area contributed by atoms with Crippen LogP contribution in [0.5, 0.6) is 0 Å². The third-order valence-corrected chi connectivity index (χ3v) is 4.33. The van der Waals surface area contributed by atoms with Gasteiger partial charge >= 0.3 is 5.97 Å². The lowest BCUT2D eigenvalue weighted by molar-refractivity contribution is -0.143. The summed E-state index contributed by atoms with van der Waals surface area (Å²) in [5.74, 6) is -1.61. The molecule has 0 radical (unpaired) electrons. The molecule has 6 heteroatoms. The van der Waals surface area contributed by atoms with Crippen molar-refractivity contribution in [3.8, 4) is 0 Å². The summed E-state index contributed by atoms with van der Waals surface area (Å²) < 4.78 is 0.609. The number of rotatable bonds is 4. The van der Waals surface area contributed by atoms with E-state index in [1.807, 2.05) is 0 Å². The van der Waals surface area contributed by atoms with E-state index in [4.69, 9.17) is 5.73 Å². The molecule has 0 heterocycles. The van der Waals surface area contributed by atoms with E-state index in [1.54, 1.807) is 18.2 Å². The molecule has 1 aromatic carbocycles. The molecule has 2 unspecified atom stereocenters. The molecule has 2 atom stereocenters.